The van der Waals surface area contributed by atoms with Crippen LogP contribution in [0.25, 0.3) is 0 Å². The molecule has 5 nitrogen and oxygen atoms in total. The molecule has 0 fully saturated rings. The molecule has 0 heterocycles. The Morgan fingerprint density at radius 1 is 1.50 bits per heavy atom. The Morgan fingerprint density at radius 2 is 2.00 bits per heavy atom. The van der Waals surface area contributed by atoms with E-state index in [0.29, 0.717) is 5.75 Å². The summed E-state index contributed by atoms with van der Waals surface area (Å²) in [6, 6.07) is -1.16. The Bertz CT molecular complexity index is 167. The minimum atomic E-state index is -1.16. The van der Waals surface area contributed by atoms with E-state index in [9.17, 15) is 9.59 Å². The van der Waals surface area contributed by atoms with Crippen LogP contribution < -0.4 is 17.0 Å². The molecule has 0 aromatic heterocycles. The number of Topliss-reactive ketones (excluding diaryl/α,β-unsaturated/α-hetero) is 1. The summed E-state index contributed by atoms with van der Waals surface area (Å²) in [5.74, 6) is 4.11. The molecule has 1 atom stereocenters. The Balaban J connectivity index is 0. The quantitative estimate of drug-likeness (QED) is 0.103. The maximum Gasteiger partial charge on any atom is 0.258 e. The number of hydrazine groups is 1. The SMILES string of the molecule is NNC(=O)C(N)C(=O)CCS.[Na]. The third-order valence-electron chi connectivity index (χ3n) is 1.13. The summed E-state index contributed by atoms with van der Waals surface area (Å²) >= 11 is 3.81. The van der Waals surface area contributed by atoms with Crippen molar-refractivity contribution in [3.8, 4) is 0 Å². The van der Waals surface area contributed by atoms with Gasteiger partial charge in [0.05, 0.1) is 0 Å². The molecule has 0 saturated carbocycles. The molecule has 1 unspecified atom stereocenters. The van der Waals surface area contributed by atoms with Gasteiger partial charge in [-0.2, -0.15) is 12.6 Å². The molecule has 7 heteroatoms. The van der Waals surface area contributed by atoms with Gasteiger partial charge in [-0.05, 0) is 5.75 Å². The van der Waals surface area contributed by atoms with Gasteiger partial charge in [0.15, 0.2) is 5.78 Å². The Labute approximate surface area is 98.3 Å². The largest absolute Gasteiger partial charge is 0.314 e. The number of nitrogens with two attached hydrogens (primary N) is 2. The van der Waals surface area contributed by atoms with Crippen LogP contribution in [0.1, 0.15) is 6.42 Å². The second-order valence-electron chi connectivity index (χ2n) is 1.93. The van der Waals surface area contributed by atoms with Gasteiger partial charge in [-0.1, -0.05) is 0 Å². The summed E-state index contributed by atoms with van der Waals surface area (Å²) < 4.78 is 0. The molecule has 65 valence electrons. The van der Waals surface area contributed by atoms with Crippen LogP contribution >= 0.6 is 12.6 Å². The van der Waals surface area contributed by atoms with Gasteiger partial charge < -0.3 is 5.73 Å². The minimum Gasteiger partial charge on any atom is -0.314 e. The van der Waals surface area contributed by atoms with E-state index in [4.69, 9.17) is 11.6 Å². The third-order valence-corrected chi connectivity index (χ3v) is 1.35. The van der Waals surface area contributed by atoms with Crippen LogP contribution in [0.5, 0.6) is 0 Å². The van der Waals surface area contributed by atoms with Crippen molar-refractivity contribution in [1.82, 2.24) is 5.43 Å². The van der Waals surface area contributed by atoms with Gasteiger partial charge in [0, 0.05) is 36.0 Å². The Kier molecular flexibility index (Phi) is 9.97. The first-order valence-electron chi connectivity index (χ1n) is 3.03. The number of hydrogen-bond acceptors (Lipinski definition) is 5. The fourth-order valence-corrected chi connectivity index (χ4v) is 0.722. The first-order chi connectivity index (χ1) is 5.13. The Morgan fingerprint density at radius 3 is 2.33 bits per heavy atom. The average Bonchev–Trinajstić information content (AvgIpc) is 2.02. The minimum absolute atomic E-state index is 0. The van der Waals surface area contributed by atoms with E-state index in [0.717, 1.165) is 0 Å². The molecule has 0 aromatic carbocycles. The van der Waals surface area contributed by atoms with Gasteiger partial charge in [0.1, 0.15) is 6.04 Å². The topological polar surface area (TPSA) is 98.2 Å². The van der Waals surface area contributed by atoms with Crippen LogP contribution in [-0.2, 0) is 9.59 Å². The summed E-state index contributed by atoms with van der Waals surface area (Å²) in [7, 11) is 0. The Hall–Kier alpha value is 0.410. The normalized spacial score (nSPS) is 11.2. The van der Waals surface area contributed by atoms with Gasteiger partial charge >= 0.3 is 0 Å². The van der Waals surface area contributed by atoms with Crippen LogP contribution in [0, 0.1) is 0 Å². The number of carbonyl (C=O) groups is 2. The van der Waals surface area contributed by atoms with Gasteiger partial charge in [-0.3, -0.25) is 15.0 Å². The molecule has 0 rings (SSSR count). The van der Waals surface area contributed by atoms with Crippen molar-refractivity contribution in [2.45, 2.75) is 12.5 Å². The zero-order valence-electron chi connectivity index (χ0n) is 6.91. The molecule has 0 aromatic rings. The second kappa shape index (κ2) is 8.03. The first-order valence-corrected chi connectivity index (χ1v) is 3.66. The molecule has 0 bridgehead atoms. The number of nitrogens with one attached hydrogen (secondary N) is 1. The fraction of sp³-hybridized carbons (Fsp3) is 0.600. The number of ketones is 1. The van der Waals surface area contributed by atoms with Gasteiger partial charge in [-0.15, -0.1) is 0 Å². The summed E-state index contributed by atoms with van der Waals surface area (Å²) in [5.41, 5.74) is 6.98. The number of carbonyl (C=O) groups excluding carboxylic acids is 2. The smallest absolute Gasteiger partial charge is 0.258 e. The van der Waals surface area contributed by atoms with Crippen molar-refractivity contribution in [3.63, 3.8) is 0 Å². The zero-order valence-corrected chi connectivity index (χ0v) is 9.80. The third kappa shape index (κ3) is 5.13. The molecular formula is C5H11N3NaO2S. The van der Waals surface area contributed by atoms with E-state index >= 15 is 0 Å². The first kappa shape index (κ1) is 14.9. The van der Waals surface area contributed by atoms with Crippen LogP contribution in [0.4, 0.5) is 0 Å². The summed E-state index contributed by atoms with van der Waals surface area (Å²) in [4.78, 5) is 21.5. The molecule has 0 aliphatic heterocycles. The van der Waals surface area contributed by atoms with Crippen LogP contribution in [-0.4, -0.2) is 53.0 Å². The standard InChI is InChI=1S/C5H11N3O2S.Na/c6-4(5(10)8-7)3(9)1-2-11;/h4,11H,1-2,6-7H2,(H,8,10);. The average molecular weight is 200 g/mol. The summed E-state index contributed by atoms with van der Waals surface area (Å²) in [5, 5.41) is 0. The molecular weight excluding hydrogens is 189 g/mol. The molecule has 0 saturated heterocycles. The maximum absolute atomic E-state index is 10.9. The second-order valence-corrected chi connectivity index (χ2v) is 2.37. The van der Waals surface area contributed by atoms with Crippen LogP contribution in [0.15, 0.2) is 0 Å². The van der Waals surface area contributed by atoms with E-state index in [2.05, 4.69) is 12.6 Å². The number of hydrogen-bond donors (Lipinski definition) is 4. The van der Waals surface area contributed by atoms with E-state index in [1.807, 2.05) is 0 Å². The molecule has 0 spiro atoms. The summed E-state index contributed by atoms with van der Waals surface area (Å²) in [6.45, 7) is 0. The van der Waals surface area contributed by atoms with E-state index in [1.54, 1.807) is 5.43 Å². The summed E-state index contributed by atoms with van der Waals surface area (Å²) in [6.07, 6.45) is 0.178. The molecule has 0 aliphatic rings. The van der Waals surface area contributed by atoms with Crippen molar-refractivity contribution < 1.29 is 9.59 Å². The van der Waals surface area contributed by atoms with Gasteiger partial charge in [-0.25, -0.2) is 5.84 Å². The van der Waals surface area contributed by atoms with Crippen molar-refractivity contribution in [2.24, 2.45) is 11.6 Å². The molecule has 0 aliphatic carbocycles. The maximum atomic E-state index is 10.9. The van der Waals surface area contributed by atoms with Crippen LogP contribution in [0.2, 0.25) is 0 Å². The molecule has 1 amide bonds. The van der Waals surface area contributed by atoms with Crippen molar-refractivity contribution in [1.29, 1.82) is 0 Å². The fourth-order valence-electron chi connectivity index (χ4n) is 0.502. The molecule has 5 N–H and O–H groups in total. The van der Waals surface area contributed by atoms with Crippen molar-refractivity contribution in [2.75, 3.05) is 5.75 Å². The van der Waals surface area contributed by atoms with Gasteiger partial charge in [0.2, 0.25) is 0 Å². The zero-order chi connectivity index (χ0) is 8.85. The van der Waals surface area contributed by atoms with Gasteiger partial charge in [0.25, 0.3) is 5.91 Å². The van der Waals surface area contributed by atoms with E-state index in [-0.39, 0.29) is 41.8 Å². The molecule has 1 radical (unpaired) electrons. The predicted octanol–water partition coefficient (Wildman–Crippen LogP) is -2.19. The molecule has 12 heavy (non-hydrogen) atoms. The monoisotopic (exact) mass is 200 g/mol. The van der Waals surface area contributed by atoms with E-state index in [1.165, 1.54) is 0 Å². The predicted molar refractivity (Wildman–Crippen MR) is 49.5 cm³/mol. The van der Waals surface area contributed by atoms with E-state index < -0.39 is 11.9 Å². The number of rotatable bonds is 4. The number of thiol groups is 1. The number of amides is 1. The van der Waals surface area contributed by atoms with Crippen LogP contribution in [0.3, 0.4) is 0 Å². The van der Waals surface area contributed by atoms with Crippen molar-refractivity contribution >= 4 is 53.9 Å². The van der Waals surface area contributed by atoms with Crippen molar-refractivity contribution in [3.05, 3.63) is 0 Å².